The number of hydrogen-bond acceptors (Lipinski definition) is 3. The van der Waals surface area contributed by atoms with Gasteiger partial charge in [-0.3, -0.25) is 4.68 Å². The van der Waals surface area contributed by atoms with Crippen LogP contribution in [0.5, 0.6) is 0 Å². The third-order valence-corrected chi connectivity index (χ3v) is 3.82. The molecule has 2 rings (SSSR count). The monoisotopic (exact) mass is 249 g/mol. The molecule has 0 radical (unpaired) electrons. The predicted octanol–water partition coefficient (Wildman–Crippen LogP) is 2.95. The van der Waals surface area contributed by atoms with Gasteiger partial charge >= 0.3 is 0 Å². The highest BCUT2D eigenvalue weighted by molar-refractivity contribution is 7.10. The van der Waals surface area contributed by atoms with Crippen molar-refractivity contribution in [1.29, 1.82) is 0 Å². The zero-order chi connectivity index (χ0) is 12.1. The van der Waals surface area contributed by atoms with Gasteiger partial charge in [-0.2, -0.15) is 5.10 Å². The Bertz CT molecular complexity index is 459. The molecule has 3 nitrogen and oxygen atoms in total. The number of hydrogen-bond donors (Lipinski definition) is 1. The molecule has 2 aromatic heterocycles. The molecule has 0 spiro atoms. The Kier molecular flexibility index (Phi) is 4.34. The fourth-order valence-corrected chi connectivity index (χ4v) is 2.69. The minimum absolute atomic E-state index is 0.886. The van der Waals surface area contributed by atoms with Crippen LogP contribution in [0, 0.1) is 6.92 Å². The van der Waals surface area contributed by atoms with Gasteiger partial charge in [-0.25, -0.2) is 0 Å². The van der Waals surface area contributed by atoms with Crippen LogP contribution in [-0.2, 0) is 19.6 Å². The van der Waals surface area contributed by atoms with Gasteiger partial charge in [0.05, 0.1) is 5.69 Å². The summed E-state index contributed by atoms with van der Waals surface area (Å²) in [6, 6.07) is 4.26. The molecule has 0 saturated carbocycles. The molecule has 0 aliphatic heterocycles. The largest absolute Gasteiger partial charge is 0.306 e. The first-order chi connectivity index (χ1) is 8.31. The summed E-state index contributed by atoms with van der Waals surface area (Å²) in [5.74, 6) is 0. The van der Waals surface area contributed by atoms with Crippen LogP contribution in [0.2, 0.25) is 0 Å². The molecular weight excluding hydrogens is 230 g/mol. The first kappa shape index (κ1) is 12.3. The molecule has 0 aliphatic carbocycles. The topological polar surface area (TPSA) is 29.9 Å². The van der Waals surface area contributed by atoms with E-state index in [2.05, 4.69) is 46.5 Å². The van der Waals surface area contributed by atoms with E-state index in [9.17, 15) is 0 Å². The van der Waals surface area contributed by atoms with E-state index in [1.807, 2.05) is 17.5 Å². The Hall–Kier alpha value is -1.13. The van der Waals surface area contributed by atoms with Crippen LogP contribution in [0.25, 0.3) is 0 Å². The van der Waals surface area contributed by atoms with Crippen molar-refractivity contribution in [2.24, 2.45) is 0 Å². The van der Waals surface area contributed by atoms with Gasteiger partial charge in [0.2, 0.25) is 0 Å². The van der Waals surface area contributed by atoms with E-state index in [1.54, 1.807) is 0 Å². The summed E-state index contributed by atoms with van der Waals surface area (Å²) in [6.07, 6.45) is 3.00. The first-order valence-corrected chi connectivity index (χ1v) is 6.93. The van der Waals surface area contributed by atoms with Gasteiger partial charge in [-0.1, -0.05) is 6.92 Å². The summed E-state index contributed by atoms with van der Waals surface area (Å²) >= 11 is 1.82. The van der Waals surface area contributed by atoms with Gasteiger partial charge in [0.1, 0.15) is 0 Å². The van der Waals surface area contributed by atoms with Crippen molar-refractivity contribution in [1.82, 2.24) is 15.1 Å². The van der Waals surface area contributed by atoms with Gasteiger partial charge in [0.15, 0.2) is 0 Å². The lowest BCUT2D eigenvalue weighted by Gasteiger charge is -2.07. The summed E-state index contributed by atoms with van der Waals surface area (Å²) in [6.45, 7) is 7.17. The highest BCUT2D eigenvalue weighted by atomic mass is 32.1. The predicted molar refractivity (Wildman–Crippen MR) is 72.1 cm³/mol. The van der Waals surface area contributed by atoms with Crippen molar-refractivity contribution in [3.05, 3.63) is 39.8 Å². The number of aromatic nitrogens is 2. The third-order valence-electron chi connectivity index (χ3n) is 2.80. The molecule has 0 unspecified atom stereocenters. The molecule has 0 saturated heterocycles. The van der Waals surface area contributed by atoms with Crippen molar-refractivity contribution >= 4 is 11.3 Å². The van der Waals surface area contributed by atoms with Crippen molar-refractivity contribution in [2.45, 2.75) is 39.9 Å². The molecule has 0 fully saturated rings. The maximum absolute atomic E-state index is 4.32. The summed E-state index contributed by atoms with van der Waals surface area (Å²) in [4.78, 5) is 1.42. The number of rotatable bonds is 6. The first-order valence-electron chi connectivity index (χ1n) is 6.05. The fraction of sp³-hybridized carbons (Fsp3) is 0.462. The lowest BCUT2D eigenvalue weighted by atomic mass is 10.3. The normalized spacial score (nSPS) is 10.9. The average Bonchev–Trinajstić information content (AvgIpc) is 2.90. The summed E-state index contributed by atoms with van der Waals surface area (Å²) < 4.78 is 2.08. The quantitative estimate of drug-likeness (QED) is 0.853. The maximum Gasteiger partial charge on any atom is 0.0522 e. The number of nitrogens with one attached hydrogen (secondary N) is 1. The Balaban J connectivity index is 1.86. The number of thiophene rings is 1. The molecule has 0 bridgehead atoms. The van der Waals surface area contributed by atoms with E-state index in [-0.39, 0.29) is 0 Å². The second-order valence-electron chi connectivity index (χ2n) is 4.18. The third kappa shape index (κ3) is 3.17. The van der Waals surface area contributed by atoms with E-state index in [1.165, 1.54) is 16.1 Å². The molecule has 2 heterocycles. The van der Waals surface area contributed by atoms with Crippen molar-refractivity contribution < 1.29 is 0 Å². The van der Waals surface area contributed by atoms with Gasteiger partial charge < -0.3 is 5.32 Å². The van der Waals surface area contributed by atoms with Gasteiger partial charge in [0.25, 0.3) is 0 Å². The van der Waals surface area contributed by atoms with Crippen LogP contribution in [0.4, 0.5) is 0 Å². The van der Waals surface area contributed by atoms with E-state index >= 15 is 0 Å². The molecule has 17 heavy (non-hydrogen) atoms. The second-order valence-corrected chi connectivity index (χ2v) is 5.18. The molecular formula is C13H19N3S. The molecule has 92 valence electrons. The minimum atomic E-state index is 0.886. The fourth-order valence-electron chi connectivity index (χ4n) is 1.81. The van der Waals surface area contributed by atoms with Crippen LogP contribution >= 0.6 is 11.3 Å². The van der Waals surface area contributed by atoms with E-state index in [0.717, 1.165) is 26.1 Å². The van der Waals surface area contributed by atoms with E-state index < -0.39 is 0 Å². The molecule has 0 amide bonds. The highest BCUT2D eigenvalue weighted by Gasteiger charge is 2.02. The second kappa shape index (κ2) is 5.98. The van der Waals surface area contributed by atoms with Crippen LogP contribution in [0.1, 0.15) is 29.5 Å². The Morgan fingerprint density at radius 3 is 2.94 bits per heavy atom. The van der Waals surface area contributed by atoms with Crippen LogP contribution in [0.3, 0.4) is 0 Å². The minimum Gasteiger partial charge on any atom is -0.306 e. The summed E-state index contributed by atoms with van der Waals surface area (Å²) in [5, 5.41) is 9.94. The zero-order valence-corrected chi connectivity index (χ0v) is 11.3. The average molecular weight is 249 g/mol. The van der Waals surface area contributed by atoms with Crippen molar-refractivity contribution in [3.63, 3.8) is 0 Å². The van der Waals surface area contributed by atoms with Gasteiger partial charge in [-0.05, 0) is 36.4 Å². The van der Waals surface area contributed by atoms with E-state index in [4.69, 9.17) is 0 Å². The Morgan fingerprint density at radius 2 is 2.24 bits per heavy atom. The molecule has 1 N–H and O–H groups in total. The molecule has 2 aromatic rings. The smallest absolute Gasteiger partial charge is 0.0522 e. The molecule has 0 aromatic carbocycles. The lowest BCUT2D eigenvalue weighted by molar-refractivity contribution is 0.550. The standard InChI is InChI=1S/C13H19N3S/c1-3-7-16-12(4-6-15-16)9-14-10-13-11(2)5-8-17-13/h4-6,8,14H,3,7,9-10H2,1-2H3. The number of nitrogens with zero attached hydrogens (tertiary/aromatic N) is 2. The Labute approximate surface area is 106 Å². The highest BCUT2D eigenvalue weighted by Crippen LogP contribution is 2.15. The molecule has 4 heteroatoms. The zero-order valence-electron chi connectivity index (χ0n) is 10.4. The summed E-state index contributed by atoms with van der Waals surface area (Å²) in [7, 11) is 0. The van der Waals surface area contributed by atoms with Crippen LogP contribution < -0.4 is 5.32 Å². The van der Waals surface area contributed by atoms with E-state index in [0.29, 0.717) is 0 Å². The lowest BCUT2D eigenvalue weighted by Crippen LogP contribution is -2.16. The maximum atomic E-state index is 4.32. The van der Waals surface area contributed by atoms with Crippen LogP contribution in [-0.4, -0.2) is 9.78 Å². The number of aryl methyl sites for hydroxylation is 2. The molecule has 0 atom stereocenters. The van der Waals surface area contributed by atoms with Crippen molar-refractivity contribution in [3.8, 4) is 0 Å². The van der Waals surface area contributed by atoms with Gasteiger partial charge in [0, 0.05) is 30.7 Å². The SMILES string of the molecule is CCCn1nccc1CNCc1sccc1C. The van der Waals surface area contributed by atoms with Crippen molar-refractivity contribution in [2.75, 3.05) is 0 Å². The summed E-state index contributed by atoms with van der Waals surface area (Å²) in [5.41, 5.74) is 2.64. The molecule has 0 aliphatic rings. The Morgan fingerprint density at radius 1 is 1.35 bits per heavy atom. The van der Waals surface area contributed by atoms with Gasteiger partial charge in [-0.15, -0.1) is 11.3 Å². The van der Waals surface area contributed by atoms with Crippen LogP contribution in [0.15, 0.2) is 23.7 Å².